The van der Waals surface area contributed by atoms with Crippen LogP contribution in [0.15, 0.2) is 48.7 Å². The molecule has 1 aromatic carbocycles. The fraction of sp³-hybridized carbons (Fsp3) is 0.450. The normalized spacial score (nSPS) is 24.6. The molecule has 126 valence electrons. The van der Waals surface area contributed by atoms with Crippen LogP contribution >= 0.6 is 0 Å². The van der Waals surface area contributed by atoms with E-state index < -0.39 is 0 Å². The van der Waals surface area contributed by atoms with Crippen molar-refractivity contribution in [2.75, 3.05) is 13.1 Å². The van der Waals surface area contributed by atoms with E-state index in [9.17, 15) is 4.79 Å². The van der Waals surface area contributed by atoms with Crippen LogP contribution < -0.4 is 0 Å². The van der Waals surface area contributed by atoms with Crippen LogP contribution in [0.2, 0.25) is 0 Å². The van der Waals surface area contributed by atoms with E-state index in [1.807, 2.05) is 18.3 Å². The molecule has 0 radical (unpaired) electrons. The molecule has 2 atom stereocenters. The predicted octanol–water partition coefficient (Wildman–Crippen LogP) is 3.28. The number of aromatic amines is 1. The number of H-pyrrole nitrogens is 1. The minimum absolute atomic E-state index is 0.161. The second-order valence-corrected chi connectivity index (χ2v) is 6.96. The molecule has 1 aromatic heterocycles. The average molecular weight is 323 g/mol. The zero-order valence-electron chi connectivity index (χ0n) is 14.0. The van der Waals surface area contributed by atoms with Crippen LogP contribution in [0.4, 0.5) is 0 Å². The zero-order valence-corrected chi connectivity index (χ0v) is 14.0. The number of benzene rings is 1. The van der Waals surface area contributed by atoms with Gasteiger partial charge in [-0.2, -0.15) is 0 Å². The first-order valence-electron chi connectivity index (χ1n) is 9.05. The maximum atomic E-state index is 12.8. The third kappa shape index (κ3) is 2.98. The lowest BCUT2D eigenvalue weighted by atomic mass is 10.0. The van der Waals surface area contributed by atoms with Gasteiger partial charge in [0.05, 0.1) is 0 Å². The van der Waals surface area contributed by atoms with Crippen LogP contribution in [-0.4, -0.2) is 45.9 Å². The van der Waals surface area contributed by atoms with Gasteiger partial charge in [0, 0.05) is 31.4 Å². The van der Waals surface area contributed by atoms with Crippen molar-refractivity contribution >= 4 is 5.91 Å². The maximum Gasteiger partial charge on any atom is 0.270 e. The molecule has 0 bridgehead atoms. The second kappa shape index (κ2) is 6.81. The third-order valence-corrected chi connectivity index (χ3v) is 5.48. The summed E-state index contributed by atoms with van der Waals surface area (Å²) in [4.78, 5) is 20.6. The van der Waals surface area contributed by atoms with Gasteiger partial charge in [-0.25, -0.2) is 0 Å². The summed E-state index contributed by atoms with van der Waals surface area (Å²) >= 11 is 0. The highest BCUT2D eigenvalue weighted by atomic mass is 16.2. The van der Waals surface area contributed by atoms with Gasteiger partial charge >= 0.3 is 0 Å². The molecule has 0 unspecified atom stereocenters. The molecule has 4 nitrogen and oxygen atoms in total. The van der Waals surface area contributed by atoms with Gasteiger partial charge in [0.2, 0.25) is 0 Å². The van der Waals surface area contributed by atoms with Crippen LogP contribution in [0.3, 0.4) is 0 Å². The standard InChI is InChI=1S/C20H25N3O/c24-20(17-9-4-12-21-17)23-14-6-11-19(23)18-10-5-13-22(18)15-16-7-2-1-3-8-16/h1-4,7-9,12,18-19,21H,5-6,10-11,13-15H2/t18-,19-/m0/s1. The van der Waals surface area contributed by atoms with E-state index in [0.29, 0.717) is 12.1 Å². The van der Waals surface area contributed by atoms with Crippen LogP contribution in [0, 0.1) is 0 Å². The van der Waals surface area contributed by atoms with E-state index >= 15 is 0 Å². The van der Waals surface area contributed by atoms with Crippen molar-refractivity contribution in [3.05, 3.63) is 59.9 Å². The molecule has 4 heteroatoms. The van der Waals surface area contributed by atoms with Gasteiger partial charge in [-0.15, -0.1) is 0 Å². The monoisotopic (exact) mass is 323 g/mol. The Bertz CT molecular complexity index is 667. The number of nitrogens with one attached hydrogen (secondary N) is 1. The van der Waals surface area contributed by atoms with Gasteiger partial charge in [0.15, 0.2) is 0 Å². The molecule has 2 saturated heterocycles. The summed E-state index contributed by atoms with van der Waals surface area (Å²) in [6.07, 6.45) is 6.51. The smallest absolute Gasteiger partial charge is 0.270 e. The van der Waals surface area contributed by atoms with Gasteiger partial charge in [-0.1, -0.05) is 30.3 Å². The van der Waals surface area contributed by atoms with Crippen molar-refractivity contribution < 1.29 is 4.79 Å². The summed E-state index contributed by atoms with van der Waals surface area (Å²) in [5, 5.41) is 0. The SMILES string of the molecule is O=C(c1ccc[nH]1)N1CCC[C@H]1[C@@H]1CCCN1Cc1ccccc1. The summed E-state index contributed by atoms with van der Waals surface area (Å²) in [6, 6.07) is 15.3. The van der Waals surface area contributed by atoms with Crippen LogP contribution in [0.25, 0.3) is 0 Å². The number of hydrogen-bond acceptors (Lipinski definition) is 2. The first-order valence-corrected chi connectivity index (χ1v) is 9.05. The Balaban J connectivity index is 1.49. The van der Waals surface area contributed by atoms with Crippen LogP contribution in [-0.2, 0) is 6.54 Å². The lowest BCUT2D eigenvalue weighted by molar-refractivity contribution is 0.0634. The summed E-state index contributed by atoms with van der Waals surface area (Å²) in [5.41, 5.74) is 2.08. The molecular formula is C20H25N3O. The number of hydrogen-bond donors (Lipinski definition) is 1. The number of rotatable bonds is 4. The van der Waals surface area contributed by atoms with E-state index in [1.165, 1.54) is 18.4 Å². The minimum Gasteiger partial charge on any atom is -0.357 e. The number of carbonyl (C=O) groups excluding carboxylic acids is 1. The topological polar surface area (TPSA) is 39.3 Å². The first-order chi connectivity index (χ1) is 11.8. The number of nitrogens with zero attached hydrogens (tertiary/aromatic N) is 2. The molecule has 2 aliphatic rings. The molecule has 1 amide bonds. The van der Waals surface area contributed by atoms with E-state index in [-0.39, 0.29) is 5.91 Å². The van der Waals surface area contributed by atoms with Gasteiger partial charge in [0.1, 0.15) is 5.69 Å². The minimum atomic E-state index is 0.161. The molecule has 1 N–H and O–H groups in total. The predicted molar refractivity (Wildman–Crippen MR) is 94.7 cm³/mol. The second-order valence-electron chi connectivity index (χ2n) is 6.96. The maximum absolute atomic E-state index is 12.8. The molecule has 2 fully saturated rings. The highest BCUT2D eigenvalue weighted by Crippen LogP contribution is 2.31. The van der Waals surface area contributed by atoms with Crippen molar-refractivity contribution in [1.29, 1.82) is 0 Å². The Morgan fingerprint density at radius 2 is 1.79 bits per heavy atom. The Morgan fingerprint density at radius 1 is 1.00 bits per heavy atom. The summed E-state index contributed by atoms with van der Waals surface area (Å²) in [6.45, 7) is 3.02. The molecule has 0 spiro atoms. The highest BCUT2D eigenvalue weighted by Gasteiger charge is 2.39. The first kappa shape index (κ1) is 15.5. The highest BCUT2D eigenvalue weighted by molar-refractivity contribution is 5.92. The van der Waals surface area contributed by atoms with E-state index in [4.69, 9.17) is 0 Å². The fourth-order valence-electron chi connectivity index (χ4n) is 4.36. The molecule has 4 rings (SSSR count). The lowest BCUT2D eigenvalue weighted by Gasteiger charge is -2.35. The van der Waals surface area contributed by atoms with Crippen LogP contribution in [0.1, 0.15) is 41.7 Å². The third-order valence-electron chi connectivity index (χ3n) is 5.48. The van der Waals surface area contributed by atoms with Gasteiger partial charge < -0.3 is 9.88 Å². The zero-order chi connectivity index (χ0) is 16.4. The largest absolute Gasteiger partial charge is 0.357 e. The van der Waals surface area contributed by atoms with Crippen molar-refractivity contribution in [3.63, 3.8) is 0 Å². The van der Waals surface area contributed by atoms with E-state index in [2.05, 4.69) is 45.1 Å². The number of carbonyl (C=O) groups is 1. The van der Waals surface area contributed by atoms with E-state index in [0.717, 1.165) is 38.2 Å². The van der Waals surface area contributed by atoms with Crippen molar-refractivity contribution in [2.45, 2.75) is 44.3 Å². The van der Waals surface area contributed by atoms with Crippen LogP contribution in [0.5, 0.6) is 0 Å². The molecule has 3 heterocycles. The Morgan fingerprint density at radius 3 is 2.58 bits per heavy atom. The summed E-state index contributed by atoms with van der Waals surface area (Å²) < 4.78 is 0. The Labute approximate surface area is 143 Å². The average Bonchev–Trinajstić information content (AvgIpc) is 3.36. The molecule has 0 saturated carbocycles. The summed E-state index contributed by atoms with van der Waals surface area (Å²) in [5.74, 6) is 0.161. The number of likely N-dealkylation sites (tertiary alicyclic amines) is 2. The molecule has 2 aliphatic heterocycles. The van der Waals surface area contributed by atoms with Gasteiger partial charge in [-0.05, 0) is 49.9 Å². The molecule has 24 heavy (non-hydrogen) atoms. The van der Waals surface area contributed by atoms with Crippen molar-refractivity contribution in [3.8, 4) is 0 Å². The van der Waals surface area contributed by atoms with Gasteiger partial charge in [0.25, 0.3) is 5.91 Å². The number of aromatic nitrogens is 1. The molecule has 2 aromatic rings. The van der Waals surface area contributed by atoms with Crippen molar-refractivity contribution in [2.24, 2.45) is 0 Å². The Kier molecular flexibility index (Phi) is 4.39. The fourth-order valence-corrected chi connectivity index (χ4v) is 4.36. The van der Waals surface area contributed by atoms with E-state index in [1.54, 1.807) is 0 Å². The van der Waals surface area contributed by atoms with Gasteiger partial charge in [-0.3, -0.25) is 9.69 Å². The summed E-state index contributed by atoms with van der Waals surface area (Å²) in [7, 11) is 0. The van der Waals surface area contributed by atoms with Crippen molar-refractivity contribution in [1.82, 2.24) is 14.8 Å². The lowest BCUT2D eigenvalue weighted by Crippen LogP contribution is -2.48. The quantitative estimate of drug-likeness (QED) is 0.938. The molecular weight excluding hydrogens is 298 g/mol. The Hall–Kier alpha value is -2.07. The molecule has 0 aliphatic carbocycles. The number of amides is 1.